The molecule has 0 saturated heterocycles. The summed E-state index contributed by atoms with van der Waals surface area (Å²) in [4.78, 5) is 22.6. The maximum Gasteiger partial charge on any atom is 0.472 e. The Morgan fingerprint density at radius 1 is 0.456 bits per heavy atom. The Bertz CT molecular complexity index is 1410. The maximum atomic E-state index is 12.7. The van der Waals surface area contributed by atoms with Gasteiger partial charge in [-0.2, -0.15) is 0 Å². The van der Waals surface area contributed by atoms with Gasteiger partial charge in [-0.15, -0.1) is 0 Å². The minimum Gasteiger partial charge on any atom is -0.457 e. The summed E-state index contributed by atoms with van der Waals surface area (Å²) in [5, 5.41) is 0. The van der Waals surface area contributed by atoms with Crippen molar-refractivity contribution in [1.82, 2.24) is 0 Å². The van der Waals surface area contributed by atoms with Gasteiger partial charge in [0.25, 0.3) is 0 Å². The van der Waals surface area contributed by atoms with Crippen LogP contribution in [0.3, 0.4) is 0 Å². The van der Waals surface area contributed by atoms with Crippen LogP contribution in [0.5, 0.6) is 0 Å². The largest absolute Gasteiger partial charge is 0.472 e. The third kappa shape index (κ3) is 54.1. The number of phosphoric ester groups is 1. The van der Waals surface area contributed by atoms with Crippen molar-refractivity contribution in [2.24, 2.45) is 5.73 Å². The zero-order valence-corrected chi connectivity index (χ0v) is 44.4. The molecule has 0 spiro atoms. The van der Waals surface area contributed by atoms with Gasteiger partial charge in [0, 0.05) is 19.6 Å². The number of carbonyl (C=O) groups excluding carboxylic acids is 1. The molecule has 0 aromatic heterocycles. The highest BCUT2D eigenvalue weighted by atomic mass is 31.2. The number of hydrogen-bond donors (Lipinski definition) is 2. The lowest BCUT2D eigenvalue weighted by atomic mass is 10.1. The minimum atomic E-state index is -4.30. The summed E-state index contributed by atoms with van der Waals surface area (Å²) in [5.41, 5.74) is 5.39. The molecule has 0 fully saturated rings. The van der Waals surface area contributed by atoms with Crippen molar-refractivity contribution >= 4 is 13.8 Å². The Morgan fingerprint density at radius 3 is 1.24 bits per heavy atom. The Balaban J connectivity index is 4.01. The van der Waals surface area contributed by atoms with Gasteiger partial charge < -0.3 is 20.1 Å². The average molecular weight is 968 g/mol. The lowest BCUT2D eigenvalue weighted by molar-refractivity contribution is -0.154. The molecule has 0 aliphatic rings. The van der Waals surface area contributed by atoms with E-state index in [0.29, 0.717) is 6.61 Å². The molecule has 9 heteroatoms. The highest BCUT2D eigenvalue weighted by Gasteiger charge is 2.25. The van der Waals surface area contributed by atoms with Crippen LogP contribution in [0.2, 0.25) is 0 Å². The van der Waals surface area contributed by atoms with Gasteiger partial charge in [0.1, 0.15) is 6.10 Å². The number of carbonyl (C=O) groups is 1. The Kier molecular flexibility index (Phi) is 52.8. The van der Waals surface area contributed by atoms with Crippen LogP contribution in [0.4, 0.5) is 0 Å². The number of ether oxygens (including phenoxy) is 2. The van der Waals surface area contributed by atoms with Crippen LogP contribution in [0.15, 0.2) is 109 Å². The summed E-state index contributed by atoms with van der Waals surface area (Å²) >= 11 is 0. The summed E-state index contributed by atoms with van der Waals surface area (Å²) in [7, 11) is -4.30. The van der Waals surface area contributed by atoms with Crippen LogP contribution in [0, 0.1) is 0 Å². The molecule has 0 radical (unpaired) electrons. The third-order valence-electron chi connectivity index (χ3n) is 11.2. The normalized spacial score (nSPS) is 14.1. The van der Waals surface area contributed by atoms with Crippen molar-refractivity contribution in [2.75, 3.05) is 33.0 Å². The van der Waals surface area contributed by atoms with E-state index in [-0.39, 0.29) is 38.8 Å². The number of hydrogen-bond acceptors (Lipinski definition) is 7. The summed E-state index contributed by atoms with van der Waals surface area (Å²) in [6.45, 7) is 4.75. The maximum absolute atomic E-state index is 12.7. The lowest BCUT2D eigenvalue weighted by Crippen LogP contribution is -2.28. The molecule has 2 atom stereocenters. The van der Waals surface area contributed by atoms with E-state index < -0.39 is 13.9 Å². The Morgan fingerprint density at radius 2 is 0.824 bits per heavy atom. The van der Waals surface area contributed by atoms with E-state index in [1.165, 1.54) is 103 Å². The smallest absolute Gasteiger partial charge is 0.457 e. The van der Waals surface area contributed by atoms with Crippen molar-refractivity contribution in [3.8, 4) is 0 Å². The highest BCUT2D eigenvalue weighted by Crippen LogP contribution is 2.43. The van der Waals surface area contributed by atoms with Gasteiger partial charge in [0.15, 0.2) is 0 Å². The fourth-order valence-electron chi connectivity index (χ4n) is 7.18. The van der Waals surface area contributed by atoms with Gasteiger partial charge in [0.2, 0.25) is 0 Å². The molecule has 0 aromatic rings. The van der Waals surface area contributed by atoms with E-state index in [9.17, 15) is 14.3 Å². The van der Waals surface area contributed by atoms with Crippen molar-refractivity contribution in [2.45, 2.75) is 225 Å². The second-order valence-corrected chi connectivity index (χ2v) is 19.2. The summed E-state index contributed by atoms with van der Waals surface area (Å²) < 4.78 is 33.6. The second kappa shape index (κ2) is 55.1. The standard InChI is InChI=1S/C59H102NO7P/c1-3-5-7-9-11-13-15-17-19-21-23-25-27-28-29-31-33-35-37-39-41-43-45-47-49-51-54-64-56-58(57-66-68(62,63)65-55-53-60)67-59(61)52-50-48-46-44-42-40-38-36-34-32-30-26-24-22-20-18-16-14-12-10-8-6-4-2/h6,8,12,14-15,17-18,20-21,23-24,26-28,32,34,38,40,58H,3-5,7,9-11,13,16,19,22,25,29-31,33,35-37,39,41-57,60H2,1-2H3,(H,62,63)/b8-6-,14-12-,17-15-,20-18-,23-21-,26-24-,28-27-,34-32-,40-38-. The molecule has 390 valence electrons. The van der Waals surface area contributed by atoms with Crippen LogP contribution >= 0.6 is 7.82 Å². The van der Waals surface area contributed by atoms with Gasteiger partial charge in [-0.1, -0.05) is 220 Å². The second-order valence-electron chi connectivity index (χ2n) is 17.7. The van der Waals surface area contributed by atoms with Crippen LogP contribution in [-0.4, -0.2) is 49.9 Å². The minimum absolute atomic E-state index is 0.0893. The molecule has 0 saturated carbocycles. The van der Waals surface area contributed by atoms with E-state index in [2.05, 4.69) is 123 Å². The van der Waals surface area contributed by atoms with Crippen molar-refractivity contribution in [3.05, 3.63) is 109 Å². The van der Waals surface area contributed by atoms with Crippen molar-refractivity contribution in [3.63, 3.8) is 0 Å². The summed E-state index contributed by atoms with van der Waals surface area (Å²) in [6, 6.07) is 0. The Labute approximate surface area is 418 Å². The van der Waals surface area contributed by atoms with Gasteiger partial charge in [-0.3, -0.25) is 13.8 Å². The van der Waals surface area contributed by atoms with E-state index in [1.54, 1.807) is 0 Å². The first-order chi connectivity index (χ1) is 33.4. The molecule has 0 heterocycles. The molecule has 0 aliphatic heterocycles. The zero-order chi connectivity index (χ0) is 49.4. The molecule has 2 unspecified atom stereocenters. The first-order valence-electron chi connectivity index (χ1n) is 27.4. The molecular weight excluding hydrogens is 866 g/mol. The number of rotatable bonds is 51. The first kappa shape index (κ1) is 65.2. The third-order valence-corrected chi connectivity index (χ3v) is 12.2. The topological polar surface area (TPSA) is 117 Å². The van der Waals surface area contributed by atoms with Gasteiger partial charge >= 0.3 is 13.8 Å². The van der Waals surface area contributed by atoms with Crippen LogP contribution in [0.1, 0.15) is 219 Å². The fourth-order valence-corrected chi connectivity index (χ4v) is 7.95. The average Bonchev–Trinajstić information content (AvgIpc) is 3.33. The van der Waals surface area contributed by atoms with Crippen LogP contribution in [-0.2, 0) is 27.9 Å². The van der Waals surface area contributed by atoms with E-state index in [0.717, 1.165) is 96.3 Å². The fraction of sp³-hybridized carbons (Fsp3) is 0.678. The number of unbranched alkanes of at least 4 members (excludes halogenated alkanes) is 20. The lowest BCUT2D eigenvalue weighted by Gasteiger charge is -2.20. The quantitative estimate of drug-likeness (QED) is 0.0268. The molecule has 68 heavy (non-hydrogen) atoms. The van der Waals surface area contributed by atoms with Crippen molar-refractivity contribution in [1.29, 1.82) is 0 Å². The van der Waals surface area contributed by atoms with Crippen LogP contribution < -0.4 is 5.73 Å². The summed E-state index contributed by atoms with van der Waals surface area (Å²) in [5.74, 6) is -0.358. The number of nitrogens with two attached hydrogens (primary N) is 1. The predicted molar refractivity (Wildman–Crippen MR) is 293 cm³/mol. The number of allylic oxidation sites excluding steroid dienone is 18. The Hall–Kier alpha value is -2.84. The first-order valence-corrected chi connectivity index (χ1v) is 28.9. The van der Waals surface area contributed by atoms with Crippen LogP contribution in [0.25, 0.3) is 0 Å². The van der Waals surface area contributed by atoms with E-state index in [4.69, 9.17) is 24.3 Å². The summed E-state index contributed by atoms with van der Waals surface area (Å²) in [6.07, 6.45) is 75.6. The molecule has 8 nitrogen and oxygen atoms in total. The van der Waals surface area contributed by atoms with E-state index >= 15 is 0 Å². The highest BCUT2D eigenvalue weighted by molar-refractivity contribution is 7.47. The molecule has 3 N–H and O–H groups in total. The van der Waals surface area contributed by atoms with Gasteiger partial charge in [0.05, 0.1) is 19.8 Å². The molecule has 0 aromatic carbocycles. The van der Waals surface area contributed by atoms with Gasteiger partial charge in [-0.05, 0) is 103 Å². The molecular formula is C59H102NO7P. The molecule has 0 rings (SSSR count). The molecule has 0 aliphatic carbocycles. The van der Waals surface area contributed by atoms with Crippen molar-refractivity contribution < 1.29 is 32.8 Å². The molecule has 0 bridgehead atoms. The molecule has 0 amide bonds. The zero-order valence-electron chi connectivity index (χ0n) is 43.6. The predicted octanol–water partition coefficient (Wildman–Crippen LogP) is 17.5. The van der Waals surface area contributed by atoms with E-state index in [1.807, 2.05) is 0 Å². The monoisotopic (exact) mass is 968 g/mol. The SMILES string of the molecule is CC/C=C\C/C=C\C/C=C\C/C=C\C/C=C\C/C=C\CCCCCCC(=O)OC(COCCCCCCCCCCCCC/C=C\C/C=C\C/C=C\CCCCCCC)COP(=O)(O)OCCN. The van der Waals surface area contributed by atoms with Gasteiger partial charge in [-0.25, -0.2) is 4.57 Å². The number of phosphoric acid groups is 1. The number of esters is 1.